The molecule has 1 N–H and O–H groups in total. The van der Waals surface area contributed by atoms with E-state index in [4.69, 9.17) is 0 Å². The zero-order valence-corrected chi connectivity index (χ0v) is 14.9. The van der Waals surface area contributed by atoms with E-state index in [0.29, 0.717) is 17.3 Å². The van der Waals surface area contributed by atoms with Crippen molar-refractivity contribution >= 4 is 29.3 Å². The van der Waals surface area contributed by atoms with Crippen LogP contribution < -0.4 is 5.32 Å². The molecule has 1 atom stereocenters. The van der Waals surface area contributed by atoms with Crippen molar-refractivity contribution in [3.8, 4) is 0 Å². The highest BCUT2D eigenvalue weighted by atomic mass is 32.2. The normalized spacial score (nSPS) is 17.1. The molecule has 1 aromatic carbocycles. The molecule has 1 fully saturated rings. The predicted molar refractivity (Wildman–Crippen MR) is 97.2 cm³/mol. The fraction of sp³-hybridized carbons (Fsp3) is 0.333. The lowest BCUT2D eigenvalue weighted by atomic mass is 10.1. The molecule has 0 bridgehead atoms. The van der Waals surface area contributed by atoms with E-state index >= 15 is 0 Å². The van der Waals surface area contributed by atoms with Crippen LogP contribution in [0.1, 0.15) is 21.6 Å². The molecular formula is C18H21N3O2S. The molecule has 0 radical (unpaired) electrons. The minimum atomic E-state index is -0.447. The number of rotatable bonds is 3. The second-order valence-corrected chi connectivity index (χ2v) is 7.03. The zero-order chi connectivity index (χ0) is 17.3. The maximum absolute atomic E-state index is 12.7. The highest BCUT2D eigenvalue weighted by molar-refractivity contribution is 7.99. The van der Waals surface area contributed by atoms with Crippen LogP contribution in [0.3, 0.4) is 0 Å². The minimum Gasteiger partial charge on any atom is -0.347 e. The van der Waals surface area contributed by atoms with Gasteiger partial charge in [0.1, 0.15) is 11.7 Å². The number of carbonyl (C=O) groups is 2. The molecule has 0 aliphatic carbocycles. The van der Waals surface area contributed by atoms with Gasteiger partial charge in [-0.2, -0.15) is 0 Å². The van der Waals surface area contributed by atoms with Crippen LogP contribution in [-0.2, 0) is 11.8 Å². The van der Waals surface area contributed by atoms with Gasteiger partial charge < -0.3 is 14.8 Å². The lowest BCUT2D eigenvalue weighted by molar-refractivity contribution is -0.119. The Kier molecular flexibility index (Phi) is 4.66. The molecule has 0 unspecified atom stereocenters. The number of anilines is 1. The first-order valence-corrected chi connectivity index (χ1v) is 9.01. The van der Waals surface area contributed by atoms with Crippen molar-refractivity contribution in [1.82, 2.24) is 9.47 Å². The number of aryl methyl sites for hydroxylation is 2. The predicted octanol–water partition coefficient (Wildman–Crippen LogP) is 2.80. The van der Waals surface area contributed by atoms with Gasteiger partial charge >= 0.3 is 0 Å². The molecule has 2 amide bonds. The fourth-order valence-corrected chi connectivity index (χ4v) is 3.95. The smallest absolute Gasteiger partial charge is 0.271 e. The molecule has 2 aromatic rings. The first kappa shape index (κ1) is 16.6. The summed E-state index contributed by atoms with van der Waals surface area (Å²) in [6.45, 7) is 4.00. The molecule has 5 nitrogen and oxygen atoms in total. The Morgan fingerprint density at radius 2 is 2.00 bits per heavy atom. The zero-order valence-electron chi connectivity index (χ0n) is 14.1. The SMILES string of the molecule is Cc1cccc(NC(=O)[C@H]2CSCN2C(=O)c2cccn2C)c1C. The molecule has 2 heterocycles. The Morgan fingerprint density at radius 3 is 2.71 bits per heavy atom. The van der Waals surface area contributed by atoms with Gasteiger partial charge in [-0.15, -0.1) is 11.8 Å². The average molecular weight is 343 g/mol. The van der Waals surface area contributed by atoms with Crippen molar-refractivity contribution < 1.29 is 9.59 Å². The van der Waals surface area contributed by atoms with E-state index < -0.39 is 6.04 Å². The van der Waals surface area contributed by atoms with E-state index in [9.17, 15) is 9.59 Å². The Bertz CT molecular complexity index is 784. The standard InChI is InChI=1S/C18H21N3O2S/c1-12-6-4-7-14(13(12)2)19-17(22)16-10-24-11-21(16)18(23)15-8-5-9-20(15)3/h4-9,16H,10-11H2,1-3H3,(H,19,22)/t16-/m1/s1. The van der Waals surface area contributed by atoms with E-state index in [2.05, 4.69) is 5.32 Å². The molecule has 3 rings (SSSR count). The van der Waals surface area contributed by atoms with Crippen molar-refractivity contribution in [2.24, 2.45) is 7.05 Å². The topological polar surface area (TPSA) is 54.3 Å². The van der Waals surface area contributed by atoms with Crippen LogP contribution in [-0.4, -0.2) is 39.0 Å². The van der Waals surface area contributed by atoms with Crippen molar-refractivity contribution in [1.29, 1.82) is 0 Å². The summed E-state index contributed by atoms with van der Waals surface area (Å²) >= 11 is 1.60. The maximum Gasteiger partial charge on any atom is 0.271 e. The number of thioether (sulfide) groups is 1. The summed E-state index contributed by atoms with van der Waals surface area (Å²) in [5.41, 5.74) is 3.59. The van der Waals surface area contributed by atoms with Crippen LogP contribution in [0.2, 0.25) is 0 Å². The number of nitrogens with zero attached hydrogens (tertiary/aromatic N) is 2. The van der Waals surface area contributed by atoms with Crippen molar-refractivity contribution in [3.05, 3.63) is 53.3 Å². The van der Waals surface area contributed by atoms with E-state index in [0.717, 1.165) is 16.8 Å². The lowest BCUT2D eigenvalue weighted by Crippen LogP contribution is -2.45. The van der Waals surface area contributed by atoms with E-state index in [1.807, 2.05) is 51.4 Å². The van der Waals surface area contributed by atoms with Crippen LogP contribution >= 0.6 is 11.8 Å². The summed E-state index contributed by atoms with van der Waals surface area (Å²) in [6.07, 6.45) is 1.83. The maximum atomic E-state index is 12.7. The Morgan fingerprint density at radius 1 is 1.21 bits per heavy atom. The molecule has 24 heavy (non-hydrogen) atoms. The number of aromatic nitrogens is 1. The van der Waals surface area contributed by atoms with Crippen LogP contribution in [0.5, 0.6) is 0 Å². The van der Waals surface area contributed by atoms with Gasteiger partial charge in [0.15, 0.2) is 0 Å². The van der Waals surface area contributed by atoms with Crippen LogP contribution in [0, 0.1) is 13.8 Å². The van der Waals surface area contributed by atoms with Gasteiger partial charge in [0, 0.05) is 24.7 Å². The summed E-state index contributed by atoms with van der Waals surface area (Å²) in [6, 6.07) is 9.01. The first-order chi connectivity index (χ1) is 11.5. The molecule has 6 heteroatoms. The minimum absolute atomic E-state index is 0.103. The summed E-state index contributed by atoms with van der Waals surface area (Å²) in [5, 5.41) is 2.98. The third kappa shape index (κ3) is 3.06. The lowest BCUT2D eigenvalue weighted by Gasteiger charge is -2.23. The van der Waals surface area contributed by atoms with Gasteiger partial charge in [-0.3, -0.25) is 9.59 Å². The van der Waals surface area contributed by atoms with Crippen molar-refractivity contribution in [2.75, 3.05) is 16.9 Å². The quantitative estimate of drug-likeness (QED) is 0.932. The molecule has 0 spiro atoms. The van der Waals surface area contributed by atoms with Crippen molar-refractivity contribution in [2.45, 2.75) is 19.9 Å². The summed E-state index contributed by atoms with van der Waals surface area (Å²) in [5.74, 6) is 0.923. The van der Waals surface area contributed by atoms with E-state index in [-0.39, 0.29) is 11.8 Å². The largest absolute Gasteiger partial charge is 0.347 e. The number of benzene rings is 1. The molecule has 126 valence electrons. The number of carbonyl (C=O) groups excluding carboxylic acids is 2. The van der Waals surface area contributed by atoms with Gasteiger partial charge in [-0.25, -0.2) is 0 Å². The summed E-state index contributed by atoms with van der Waals surface area (Å²) in [4.78, 5) is 27.1. The van der Waals surface area contributed by atoms with Crippen LogP contribution in [0.15, 0.2) is 36.5 Å². The first-order valence-electron chi connectivity index (χ1n) is 7.86. The monoisotopic (exact) mass is 343 g/mol. The van der Waals surface area contributed by atoms with Crippen LogP contribution in [0.4, 0.5) is 5.69 Å². The molecule has 1 saturated heterocycles. The van der Waals surface area contributed by atoms with Gasteiger partial charge in [0.25, 0.3) is 5.91 Å². The Labute approximate surface area is 146 Å². The molecule has 0 saturated carbocycles. The molecule has 1 aliphatic rings. The van der Waals surface area contributed by atoms with E-state index in [1.54, 1.807) is 27.3 Å². The second-order valence-electron chi connectivity index (χ2n) is 6.03. The number of amides is 2. The fourth-order valence-electron chi connectivity index (χ4n) is 2.79. The molecule has 1 aliphatic heterocycles. The number of hydrogen-bond acceptors (Lipinski definition) is 3. The number of nitrogens with one attached hydrogen (secondary N) is 1. The highest BCUT2D eigenvalue weighted by Gasteiger charge is 2.36. The van der Waals surface area contributed by atoms with Gasteiger partial charge in [-0.05, 0) is 43.2 Å². The van der Waals surface area contributed by atoms with Gasteiger partial charge in [-0.1, -0.05) is 12.1 Å². The Balaban J connectivity index is 1.78. The summed E-state index contributed by atoms with van der Waals surface area (Å²) < 4.78 is 1.78. The average Bonchev–Trinajstić information content (AvgIpc) is 3.20. The summed E-state index contributed by atoms with van der Waals surface area (Å²) in [7, 11) is 1.83. The molecule has 1 aromatic heterocycles. The Hall–Kier alpha value is -2.21. The third-order valence-electron chi connectivity index (χ3n) is 4.47. The highest BCUT2D eigenvalue weighted by Crippen LogP contribution is 2.25. The van der Waals surface area contributed by atoms with Crippen LogP contribution in [0.25, 0.3) is 0 Å². The second kappa shape index (κ2) is 6.73. The molecular weight excluding hydrogens is 322 g/mol. The van der Waals surface area contributed by atoms with Crippen molar-refractivity contribution in [3.63, 3.8) is 0 Å². The van der Waals surface area contributed by atoms with Gasteiger partial charge in [0.05, 0.1) is 5.88 Å². The number of hydrogen-bond donors (Lipinski definition) is 1. The van der Waals surface area contributed by atoms with Gasteiger partial charge in [0.2, 0.25) is 5.91 Å². The third-order valence-corrected chi connectivity index (χ3v) is 5.48. The van der Waals surface area contributed by atoms with E-state index in [1.165, 1.54) is 0 Å².